The van der Waals surface area contributed by atoms with Gasteiger partial charge in [-0.1, -0.05) is 24.3 Å². The highest BCUT2D eigenvalue weighted by molar-refractivity contribution is 7.14. The van der Waals surface area contributed by atoms with Crippen LogP contribution in [0.25, 0.3) is 22.0 Å². The average molecular weight is 396 g/mol. The van der Waals surface area contributed by atoms with Crippen molar-refractivity contribution in [3.63, 3.8) is 0 Å². The maximum absolute atomic E-state index is 13.4. The SMILES string of the molecule is COc1cc2ccccc2cc1C(=O)Nc1nc(-c2ccc(F)c(F)c2)cs1. The Morgan fingerprint density at radius 2 is 1.79 bits per heavy atom. The number of amides is 1. The predicted octanol–water partition coefficient (Wildman–Crippen LogP) is 5.50. The Hall–Kier alpha value is -3.32. The van der Waals surface area contributed by atoms with Crippen LogP contribution in [0.4, 0.5) is 13.9 Å². The third kappa shape index (κ3) is 3.44. The van der Waals surface area contributed by atoms with Gasteiger partial charge in [0.25, 0.3) is 5.91 Å². The maximum atomic E-state index is 13.4. The summed E-state index contributed by atoms with van der Waals surface area (Å²) in [4.78, 5) is 17.0. The molecule has 0 bridgehead atoms. The number of nitrogens with one attached hydrogen (secondary N) is 1. The van der Waals surface area contributed by atoms with Gasteiger partial charge in [0.1, 0.15) is 5.75 Å². The van der Waals surface area contributed by atoms with Gasteiger partial charge >= 0.3 is 0 Å². The number of carbonyl (C=O) groups is 1. The number of aromatic nitrogens is 1. The standard InChI is InChI=1S/C21H14F2N2O2S/c1-27-19-10-13-5-3-2-4-12(13)8-15(19)20(26)25-21-24-18(11-28-21)14-6-7-16(22)17(23)9-14/h2-11H,1H3,(H,24,25,26). The predicted molar refractivity (Wildman–Crippen MR) is 106 cm³/mol. The zero-order chi connectivity index (χ0) is 19.7. The summed E-state index contributed by atoms with van der Waals surface area (Å²) in [5.41, 5.74) is 1.26. The number of thiazole rings is 1. The number of hydrogen-bond acceptors (Lipinski definition) is 4. The van der Waals surface area contributed by atoms with Crippen molar-refractivity contribution in [1.29, 1.82) is 0 Å². The van der Waals surface area contributed by atoms with E-state index in [4.69, 9.17) is 4.74 Å². The molecule has 1 aromatic heterocycles. The topological polar surface area (TPSA) is 51.2 Å². The van der Waals surface area contributed by atoms with E-state index in [1.54, 1.807) is 17.5 Å². The molecule has 0 radical (unpaired) electrons. The van der Waals surface area contributed by atoms with Gasteiger partial charge in [0, 0.05) is 10.9 Å². The lowest BCUT2D eigenvalue weighted by Gasteiger charge is -2.10. The number of rotatable bonds is 4. The molecule has 0 aliphatic carbocycles. The number of hydrogen-bond donors (Lipinski definition) is 1. The molecule has 4 rings (SSSR count). The molecule has 4 nitrogen and oxygen atoms in total. The molecule has 28 heavy (non-hydrogen) atoms. The van der Waals surface area contributed by atoms with Gasteiger partial charge in [0.2, 0.25) is 0 Å². The highest BCUT2D eigenvalue weighted by Gasteiger charge is 2.16. The molecule has 1 N–H and O–H groups in total. The van der Waals surface area contributed by atoms with E-state index in [0.29, 0.717) is 27.7 Å². The number of ether oxygens (including phenoxy) is 1. The van der Waals surface area contributed by atoms with E-state index in [0.717, 1.165) is 22.9 Å². The zero-order valence-corrected chi connectivity index (χ0v) is 15.5. The Bertz CT molecular complexity index is 1190. The molecule has 0 fully saturated rings. The summed E-state index contributed by atoms with van der Waals surface area (Å²) in [6.07, 6.45) is 0. The zero-order valence-electron chi connectivity index (χ0n) is 14.7. The molecule has 0 saturated heterocycles. The highest BCUT2D eigenvalue weighted by Crippen LogP contribution is 2.29. The first-order chi connectivity index (χ1) is 13.5. The van der Waals surface area contributed by atoms with Crippen LogP contribution in [-0.2, 0) is 0 Å². The second kappa shape index (κ2) is 7.36. The van der Waals surface area contributed by atoms with Crippen LogP contribution in [0, 0.1) is 11.6 Å². The van der Waals surface area contributed by atoms with Crippen LogP contribution >= 0.6 is 11.3 Å². The summed E-state index contributed by atoms with van der Waals surface area (Å²) < 4.78 is 31.9. The van der Waals surface area contributed by atoms with Crippen LogP contribution in [0.1, 0.15) is 10.4 Å². The Kier molecular flexibility index (Phi) is 4.75. The molecular formula is C21H14F2N2O2S. The summed E-state index contributed by atoms with van der Waals surface area (Å²) >= 11 is 1.19. The normalized spacial score (nSPS) is 10.8. The van der Waals surface area contributed by atoms with Crippen LogP contribution in [0.2, 0.25) is 0 Å². The molecule has 0 aliphatic heterocycles. The number of halogens is 2. The van der Waals surface area contributed by atoms with Gasteiger partial charge in [-0.05, 0) is 41.1 Å². The smallest absolute Gasteiger partial charge is 0.261 e. The van der Waals surface area contributed by atoms with Gasteiger partial charge in [-0.15, -0.1) is 11.3 Å². The summed E-state index contributed by atoms with van der Waals surface area (Å²) in [6, 6.07) is 14.8. The highest BCUT2D eigenvalue weighted by atomic mass is 32.1. The largest absolute Gasteiger partial charge is 0.496 e. The molecule has 0 unspecified atom stereocenters. The van der Waals surface area contributed by atoms with Crippen molar-refractivity contribution < 1.29 is 18.3 Å². The van der Waals surface area contributed by atoms with E-state index in [2.05, 4.69) is 10.3 Å². The Labute approximate surface area is 163 Å². The second-order valence-corrected chi connectivity index (χ2v) is 6.88. The number of nitrogens with zero attached hydrogens (tertiary/aromatic N) is 1. The lowest BCUT2D eigenvalue weighted by molar-refractivity contribution is 0.102. The summed E-state index contributed by atoms with van der Waals surface area (Å²) in [6.45, 7) is 0. The Balaban J connectivity index is 1.61. The van der Waals surface area contributed by atoms with Gasteiger partial charge in [-0.25, -0.2) is 13.8 Å². The third-order valence-electron chi connectivity index (χ3n) is 4.25. The molecule has 0 saturated carbocycles. The molecule has 0 aliphatic rings. The first-order valence-electron chi connectivity index (χ1n) is 8.34. The number of benzene rings is 3. The van der Waals surface area contributed by atoms with Crippen molar-refractivity contribution in [2.45, 2.75) is 0 Å². The van der Waals surface area contributed by atoms with Crippen molar-refractivity contribution in [3.05, 3.63) is 77.2 Å². The van der Waals surface area contributed by atoms with Crippen LogP contribution in [-0.4, -0.2) is 18.0 Å². The van der Waals surface area contributed by atoms with E-state index in [1.165, 1.54) is 24.5 Å². The van der Waals surface area contributed by atoms with Gasteiger partial charge in [0.05, 0.1) is 18.4 Å². The van der Waals surface area contributed by atoms with E-state index in [-0.39, 0.29) is 5.91 Å². The van der Waals surface area contributed by atoms with Crippen LogP contribution in [0.3, 0.4) is 0 Å². The molecule has 0 atom stereocenters. The van der Waals surface area contributed by atoms with Crippen molar-refractivity contribution in [2.75, 3.05) is 12.4 Å². The number of methoxy groups -OCH3 is 1. The lowest BCUT2D eigenvalue weighted by atomic mass is 10.1. The van der Waals surface area contributed by atoms with Gasteiger partial charge < -0.3 is 4.74 Å². The van der Waals surface area contributed by atoms with Crippen LogP contribution in [0.5, 0.6) is 5.75 Å². The lowest BCUT2D eigenvalue weighted by Crippen LogP contribution is -2.13. The van der Waals surface area contributed by atoms with Crippen molar-refractivity contribution >= 4 is 33.1 Å². The van der Waals surface area contributed by atoms with Crippen molar-refractivity contribution in [1.82, 2.24) is 4.98 Å². The minimum Gasteiger partial charge on any atom is -0.496 e. The molecule has 7 heteroatoms. The molecule has 1 heterocycles. The molecule has 4 aromatic rings. The fourth-order valence-corrected chi connectivity index (χ4v) is 3.56. The summed E-state index contributed by atoms with van der Waals surface area (Å²) in [5.74, 6) is -1.78. The maximum Gasteiger partial charge on any atom is 0.261 e. The van der Waals surface area contributed by atoms with Crippen LogP contribution < -0.4 is 10.1 Å². The number of carbonyl (C=O) groups excluding carboxylic acids is 1. The second-order valence-electron chi connectivity index (χ2n) is 6.02. The van der Waals surface area contributed by atoms with E-state index in [1.807, 2.05) is 24.3 Å². The minimum atomic E-state index is -0.947. The van der Waals surface area contributed by atoms with Crippen molar-refractivity contribution in [2.24, 2.45) is 0 Å². The quantitative estimate of drug-likeness (QED) is 0.495. The first-order valence-corrected chi connectivity index (χ1v) is 9.22. The number of fused-ring (bicyclic) bond motifs is 1. The summed E-state index contributed by atoms with van der Waals surface area (Å²) in [7, 11) is 1.51. The molecule has 3 aromatic carbocycles. The van der Waals surface area contributed by atoms with E-state index < -0.39 is 11.6 Å². The first kappa shape index (κ1) is 18.1. The molecular weight excluding hydrogens is 382 g/mol. The third-order valence-corrected chi connectivity index (χ3v) is 5.01. The van der Waals surface area contributed by atoms with E-state index in [9.17, 15) is 13.6 Å². The van der Waals surface area contributed by atoms with Gasteiger partial charge in [-0.2, -0.15) is 0 Å². The molecule has 0 spiro atoms. The minimum absolute atomic E-state index is 0.347. The summed E-state index contributed by atoms with van der Waals surface area (Å²) in [5, 5.41) is 6.62. The van der Waals surface area contributed by atoms with Gasteiger partial charge in [-0.3, -0.25) is 10.1 Å². The van der Waals surface area contributed by atoms with Gasteiger partial charge in [0.15, 0.2) is 16.8 Å². The Morgan fingerprint density at radius 1 is 1.04 bits per heavy atom. The fourth-order valence-electron chi connectivity index (χ4n) is 2.85. The molecule has 1 amide bonds. The van der Waals surface area contributed by atoms with Crippen molar-refractivity contribution in [3.8, 4) is 17.0 Å². The molecule has 140 valence electrons. The number of anilines is 1. The Morgan fingerprint density at radius 3 is 2.50 bits per heavy atom. The monoisotopic (exact) mass is 396 g/mol. The fraction of sp³-hybridized carbons (Fsp3) is 0.0476. The average Bonchev–Trinajstić information content (AvgIpc) is 3.17. The van der Waals surface area contributed by atoms with E-state index >= 15 is 0 Å². The van der Waals surface area contributed by atoms with Crippen LogP contribution in [0.15, 0.2) is 60.0 Å².